The monoisotopic (exact) mass is 188 g/mol. The minimum absolute atomic E-state index is 0.790. The molecule has 0 radical (unpaired) electrons. The van der Waals surface area contributed by atoms with Crippen molar-refractivity contribution in [1.82, 2.24) is 14.9 Å². The molecule has 0 unspecified atom stereocenters. The lowest BCUT2D eigenvalue weighted by molar-refractivity contribution is 1.01. The largest absolute Gasteiger partial charge is 0.359 e. The number of para-hydroxylation sites is 2. The Morgan fingerprint density at radius 1 is 1.43 bits per heavy atom. The van der Waals surface area contributed by atoms with Gasteiger partial charge in [-0.05, 0) is 12.1 Å². The van der Waals surface area contributed by atoms with E-state index in [1.165, 1.54) is 0 Å². The minimum Gasteiger partial charge on any atom is -0.359 e. The lowest BCUT2D eigenvalue weighted by atomic mass is 10.3. The maximum atomic E-state index is 4.28. The van der Waals surface area contributed by atoms with E-state index >= 15 is 0 Å². The van der Waals surface area contributed by atoms with Crippen LogP contribution >= 0.6 is 0 Å². The van der Waals surface area contributed by atoms with Crippen molar-refractivity contribution in [2.75, 3.05) is 14.1 Å². The molecule has 0 saturated carbocycles. The van der Waals surface area contributed by atoms with E-state index in [4.69, 9.17) is 0 Å². The van der Waals surface area contributed by atoms with Crippen LogP contribution in [0.2, 0.25) is 0 Å². The van der Waals surface area contributed by atoms with Gasteiger partial charge in [-0.3, -0.25) is 9.56 Å². The predicted molar refractivity (Wildman–Crippen MR) is 57.5 cm³/mol. The Labute approximate surface area is 82.3 Å². The fourth-order valence-corrected chi connectivity index (χ4v) is 1.47. The van der Waals surface area contributed by atoms with Crippen LogP contribution < -0.4 is 5.32 Å². The van der Waals surface area contributed by atoms with Gasteiger partial charge in [0.25, 0.3) is 0 Å². The number of hydrogen-bond acceptors (Lipinski definition) is 2. The lowest BCUT2D eigenvalue weighted by Crippen LogP contribution is -2.25. The molecule has 0 fully saturated rings. The first-order valence-electron chi connectivity index (χ1n) is 4.44. The van der Waals surface area contributed by atoms with Crippen molar-refractivity contribution in [1.29, 1.82) is 0 Å². The Hall–Kier alpha value is -1.84. The van der Waals surface area contributed by atoms with E-state index in [9.17, 15) is 0 Å². The zero-order chi connectivity index (χ0) is 9.97. The van der Waals surface area contributed by atoms with Gasteiger partial charge in [-0.15, -0.1) is 0 Å². The lowest BCUT2D eigenvalue weighted by Gasteiger charge is -2.05. The van der Waals surface area contributed by atoms with Crippen LogP contribution in [0.25, 0.3) is 11.0 Å². The molecule has 1 aromatic heterocycles. The van der Waals surface area contributed by atoms with Gasteiger partial charge in [0.15, 0.2) is 0 Å². The van der Waals surface area contributed by atoms with Crippen LogP contribution in [0.4, 0.5) is 0 Å². The SMILES string of the molecule is CN=C(NC)n1cnc2ccccc21. The highest BCUT2D eigenvalue weighted by Gasteiger charge is 2.04. The van der Waals surface area contributed by atoms with Crippen LogP contribution in [-0.4, -0.2) is 29.6 Å². The zero-order valence-corrected chi connectivity index (χ0v) is 8.23. The molecular formula is C10H12N4. The molecule has 0 bridgehead atoms. The Balaban J connectivity index is 2.63. The van der Waals surface area contributed by atoms with Gasteiger partial charge in [0.1, 0.15) is 6.33 Å². The summed E-state index contributed by atoms with van der Waals surface area (Å²) in [4.78, 5) is 8.41. The van der Waals surface area contributed by atoms with Crippen LogP contribution in [0.3, 0.4) is 0 Å². The number of aromatic nitrogens is 2. The average molecular weight is 188 g/mol. The number of imidazole rings is 1. The van der Waals surface area contributed by atoms with Gasteiger partial charge in [0.2, 0.25) is 5.96 Å². The van der Waals surface area contributed by atoms with E-state index in [1.807, 2.05) is 35.9 Å². The third-order valence-electron chi connectivity index (χ3n) is 2.12. The second kappa shape index (κ2) is 3.49. The molecule has 0 aliphatic heterocycles. The average Bonchev–Trinajstić information content (AvgIpc) is 2.65. The van der Waals surface area contributed by atoms with Gasteiger partial charge < -0.3 is 5.32 Å². The zero-order valence-electron chi connectivity index (χ0n) is 8.23. The van der Waals surface area contributed by atoms with Crippen LogP contribution in [0.15, 0.2) is 35.6 Å². The molecule has 14 heavy (non-hydrogen) atoms. The third kappa shape index (κ3) is 1.25. The molecule has 72 valence electrons. The fraction of sp³-hybridized carbons (Fsp3) is 0.200. The van der Waals surface area contributed by atoms with Gasteiger partial charge >= 0.3 is 0 Å². The predicted octanol–water partition coefficient (Wildman–Crippen LogP) is 1.09. The van der Waals surface area contributed by atoms with E-state index in [0.29, 0.717) is 0 Å². The summed E-state index contributed by atoms with van der Waals surface area (Å²) in [6, 6.07) is 7.96. The fourth-order valence-electron chi connectivity index (χ4n) is 1.47. The maximum Gasteiger partial charge on any atom is 0.203 e. The third-order valence-corrected chi connectivity index (χ3v) is 2.12. The number of benzene rings is 1. The molecule has 0 saturated heterocycles. The highest BCUT2D eigenvalue weighted by molar-refractivity contribution is 5.91. The van der Waals surface area contributed by atoms with Gasteiger partial charge in [0, 0.05) is 14.1 Å². The first-order chi connectivity index (χ1) is 6.86. The van der Waals surface area contributed by atoms with Gasteiger partial charge in [-0.1, -0.05) is 12.1 Å². The van der Waals surface area contributed by atoms with E-state index < -0.39 is 0 Å². The molecule has 0 aliphatic carbocycles. The molecule has 0 aliphatic rings. The number of hydrogen-bond donors (Lipinski definition) is 1. The van der Waals surface area contributed by atoms with Crippen molar-refractivity contribution in [3.8, 4) is 0 Å². The molecule has 0 amide bonds. The van der Waals surface area contributed by atoms with E-state index in [2.05, 4.69) is 15.3 Å². The summed E-state index contributed by atoms with van der Waals surface area (Å²) in [6.07, 6.45) is 1.77. The number of nitrogens with one attached hydrogen (secondary N) is 1. The number of nitrogens with zero attached hydrogens (tertiary/aromatic N) is 3. The first kappa shape index (κ1) is 8.74. The molecule has 4 heteroatoms. The van der Waals surface area contributed by atoms with Crippen molar-refractivity contribution in [2.45, 2.75) is 0 Å². The second-order valence-electron chi connectivity index (χ2n) is 2.90. The quantitative estimate of drug-likeness (QED) is 0.496. The molecule has 0 atom stereocenters. The van der Waals surface area contributed by atoms with Crippen molar-refractivity contribution < 1.29 is 0 Å². The molecular weight excluding hydrogens is 176 g/mol. The Bertz CT molecular complexity index is 470. The standard InChI is InChI=1S/C10H12N4/c1-11-10(12-2)14-7-13-8-5-3-4-6-9(8)14/h3-7H,1-2H3,(H,11,12). The number of fused-ring (bicyclic) bond motifs is 1. The van der Waals surface area contributed by atoms with E-state index in [0.717, 1.165) is 17.0 Å². The van der Waals surface area contributed by atoms with Crippen molar-refractivity contribution >= 4 is 17.0 Å². The smallest absolute Gasteiger partial charge is 0.203 e. The van der Waals surface area contributed by atoms with Crippen LogP contribution in [0.1, 0.15) is 0 Å². The summed E-state index contributed by atoms with van der Waals surface area (Å²) in [7, 11) is 3.59. The molecule has 2 rings (SSSR count). The summed E-state index contributed by atoms with van der Waals surface area (Å²) in [5, 5.41) is 3.02. The first-order valence-corrected chi connectivity index (χ1v) is 4.44. The summed E-state index contributed by atoms with van der Waals surface area (Å²) in [5.41, 5.74) is 2.03. The number of rotatable bonds is 0. The normalized spacial score (nSPS) is 12.0. The molecule has 4 nitrogen and oxygen atoms in total. The molecule has 1 N–H and O–H groups in total. The van der Waals surface area contributed by atoms with E-state index in [-0.39, 0.29) is 0 Å². The highest BCUT2D eigenvalue weighted by Crippen LogP contribution is 2.10. The van der Waals surface area contributed by atoms with Crippen molar-refractivity contribution in [3.63, 3.8) is 0 Å². The van der Waals surface area contributed by atoms with Crippen molar-refractivity contribution in [2.24, 2.45) is 4.99 Å². The number of aliphatic imine (C=N–C) groups is 1. The van der Waals surface area contributed by atoms with Crippen LogP contribution in [0, 0.1) is 0 Å². The highest BCUT2D eigenvalue weighted by atomic mass is 15.2. The molecule has 2 aromatic rings. The summed E-state index contributed by atoms with van der Waals surface area (Å²) < 4.78 is 1.93. The van der Waals surface area contributed by atoms with E-state index in [1.54, 1.807) is 13.4 Å². The molecule has 1 heterocycles. The summed E-state index contributed by atoms with van der Waals surface area (Å²) >= 11 is 0. The van der Waals surface area contributed by atoms with Gasteiger partial charge in [-0.25, -0.2) is 4.98 Å². The Morgan fingerprint density at radius 2 is 2.21 bits per heavy atom. The maximum absolute atomic E-state index is 4.28. The summed E-state index contributed by atoms with van der Waals surface area (Å²) in [6.45, 7) is 0. The van der Waals surface area contributed by atoms with Gasteiger partial charge in [-0.2, -0.15) is 0 Å². The summed E-state index contributed by atoms with van der Waals surface area (Å²) in [5.74, 6) is 0.790. The molecule has 1 aromatic carbocycles. The Morgan fingerprint density at radius 3 is 2.93 bits per heavy atom. The van der Waals surface area contributed by atoms with Crippen molar-refractivity contribution in [3.05, 3.63) is 30.6 Å². The minimum atomic E-state index is 0.790. The topological polar surface area (TPSA) is 42.2 Å². The van der Waals surface area contributed by atoms with Crippen LogP contribution in [-0.2, 0) is 0 Å². The van der Waals surface area contributed by atoms with Gasteiger partial charge in [0.05, 0.1) is 11.0 Å². The Kier molecular flexibility index (Phi) is 2.18. The van der Waals surface area contributed by atoms with Crippen LogP contribution in [0.5, 0.6) is 0 Å². The second-order valence-corrected chi connectivity index (χ2v) is 2.90. The molecule has 0 spiro atoms.